The van der Waals surface area contributed by atoms with E-state index in [0.717, 1.165) is 12.0 Å². The lowest BCUT2D eigenvalue weighted by Gasteiger charge is -2.28. The van der Waals surface area contributed by atoms with Crippen LogP contribution in [0.2, 0.25) is 0 Å². The molecule has 112 valence electrons. The zero-order valence-corrected chi connectivity index (χ0v) is 12.5. The molecule has 1 aromatic carbocycles. The van der Waals surface area contributed by atoms with Gasteiger partial charge in [-0.2, -0.15) is 0 Å². The topological polar surface area (TPSA) is 60.4 Å². The summed E-state index contributed by atoms with van der Waals surface area (Å²) in [6.45, 7) is 3.31. The molecule has 1 aliphatic carbocycles. The van der Waals surface area contributed by atoms with Gasteiger partial charge in [-0.1, -0.05) is 24.3 Å². The van der Waals surface area contributed by atoms with Gasteiger partial charge in [-0.05, 0) is 38.7 Å². The molecule has 0 radical (unpaired) electrons. The number of hydrogen-bond donors (Lipinski definition) is 0. The Kier molecular flexibility index (Phi) is 4.56. The Labute approximate surface area is 124 Å². The smallest absolute Gasteiger partial charge is 0.320 e. The lowest BCUT2D eigenvalue weighted by Crippen LogP contribution is -2.42. The molecule has 0 saturated heterocycles. The summed E-state index contributed by atoms with van der Waals surface area (Å²) in [5.74, 6) is -1.01. The van der Waals surface area contributed by atoms with Crippen molar-refractivity contribution in [2.75, 3.05) is 6.61 Å². The Bertz CT molecular complexity index is 576. The second-order valence-corrected chi connectivity index (χ2v) is 5.52. The van der Waals surface area contributed by atoms with Gasteiger partial charge in [-0.3, -0.25) is 14.4 Å². The number of hydrogen-bond acceptors (Lipinski definition) is 4. The van der Waals surface area contributed by atoms with Crippen LogP contribution in [0.25, 0.3) is 0 Å². The molecule has 0 N–H and O–H groups in total. The summed E-state index contributed by atoms with van der Waals surface area (Å²) in [6, 6.07) is 7.31. The second-order valence-electron chi connectivity index (χ2n) is 5.52. The van der Waals surface area contributed by atoms with Crippen molar-refractivity contribution in [3.05, 3.63) is 35.4 Å². The molecule has 1 aromatic rings. The lowest BCUT2D eigenvalue weighted by molar-refractivity contribution is -0.154. The number of benzene rings is 1. The van der Waals surface area contributed by atoms with Gasteiger partial charge in [0.05, 0.1) is 6.61 Å². The van der Waals surface area contributed by atoms with Crippen LogP contribution >= 0.6 is 0 Å². The van der Waals surface area contributed by atoms with Crippen LogP contribution in [-0.4, -0.2) is 24.1 Å². The van der Waals surface area contributed by atoms with Crippen molar-refractivity contribution in [1.82, 2.24) is 0 Å². The Hall–Kier alpha value is -1.97. The van der Waals surface area contributed by atoms with Crippen LogP contribution in [0.3, 0.4) is 0 Å². The molecule has 1 aliphatic rings. The number of ether oxygens (including phenoxy) is 1. The van der Waals surface area contributed by atoms with Gasteiger partial charge < -0.3 is 4.74 Å². The van der Waals surface area contributed by atoms with Crippen LogP contribution in [0, 0.1) is 5.41 Å². The van der Waals surface area contributed by atoms with Crippen molar-refractivity contribution in [1.29, 1.82) is 0 Å². The Morgan fingerprint density at radius 1 is 1.29 bits per heavy atom. The van der Waals surface area contributed by atoms with E-state index in [4.69, 9.17) is 4.74 Å². The minimum Gasteiger partial charge on any atom is -0.465 e. The van der Waals surface area contributed by atoms with Gasteiger partial charge in [0, 0.05) is 12.0 Å². The number of rotatable bonds is 4. The van der Waals surface area contributed by atoms with Gasteiger partial charge in [-0.25, -0.2) is 0 Å². The van der Waals surface area contributed by atoms with E-state index in [0.29, 0.717) is 18.4 Å². The van der Waals surface area contributed by atoms with E-state index >= 15 is 0 Å². The fraction of sp³-hybridized carbons (Fsp3) is 0.471. The molecule has 0 amide bonds. The van der Waals surface area contributed by atoms with Gasteiger partial charge >= 0.3 is 5.97 Å². The average Bonchev–Trinajstić information content (AvgIpc) is 2.58. The molecule has 0 aliphatic heterocycles. The molecule has 0 heterocycles. The number of ketones is 2. The van der Waals surface area contributed by atoms with Crippen molar-refractivity contribution in [3.8, 4) is 0 Å². The molecule has 0 aromatic heterocycles. The van der Waals surface area contributed by atoms with E-state index in [1.807, 2.05) is 12.1 Å². The Balaban J connectivity index is 2.51. The van der Waals surface area contributed by atoms with Gasteiger partial charge in [0.15, 0.2) is 5.78 Å². The van der Waals surface area contributed by atoms with Crippen molar-refractivity contribution >= 4 is 17.5 Å². The van der Waals surface area contributed by atoms with Crippen LogP contribution < -0.4 is 0 Å². The second kappa shape index (κ2) is 6.20. The largest absolute Gasteiger partial charge is 0.465 e. The maximum atomic E-state index is 13.0. The average molecular weight is 288 g/mol. The number of aryl methyl sites for hydroxylation is 1. The molecule has 0 fully saturated rings. The van der Waals surface area contributed by atoms with E-state index in [1.54, 1.807) is 19.1 Å². The highest BCUT2D eigenvalue weighted by molar-refractivity contribution is 6.15. The number of esters is 1. The maximum Gasteiger partial charge on any atom is 0.320 e. The minimum absolute atomic E-state index is 0.0843. The van der Waals surface area contributed by atoms with Crippen molar-refractivity contribution in [2.24, 2.45) is 5.41 Å². The third-order valence-corrected chi connectivity index (χ3v) is 3.96. The van der Waals surface area contributed by atoms with Crippen molar-refractivity contribution in [3.63, 3.8) is 0 Å². The van der Waals surface area contributed by atoms with Crippen LogP contribution in [0.4, 0.5) is 0 Å². The first-order chi connectivity index (χ1) is 10.0. The number of carbonyl (C=O) groups excluding carboxylic acids is 3. The normalized spacial score (nSPS) is 21.3. The van der Waals surface area contributed by atoms with Gasteiger partial charge in [0.25, 0.3) is 0 Å². The van der Waals surface area contributed by atoms with E-state index < -0.39 is 11.4 Å². The fourth-order valence-electron chi connectivity index (χ4n) is 3.04. The number of fused-ring (bicyclic) bond motifs is 1. The predicted octanol–water partition coefficient (Wildman–Crippen LogP) is 2.73. The highest BCUT2D eigenvalue weighted by Crippen LogP contribution is 2.38. The molecule has 4 nitrogen and oxygen atoms in total. The summed E-state index contributed by atoms with van der Waals surface area (Å²) < 4.78 is 5.11. The molecular formula is C17H20O4. The van der Waals surface area contributed by atoms with E-state index in [1.165, 1.54) is 6.92 Å². The van der Waals surface area contributed by atoms with Crippen LogP contribution in [0.5, 0.6) is 0 Å². The van der Waals surface area contributed by atoms with Gasteiger partial charge in [0.2, 0.25) is 0 Å². The zero-order chi connectivity index (χ0) is 15.5. The van der Waals surface area contributed by atoms with Gasteiger partial charge in [-0.15, -0.1) is 0 Å². The molecule has 0 unspecified atom stereocenters. The SMILES string of the molecule is CCOC(=O)[C@]1(CC(C)=O)CCCc2ccccc2C1=O. The molecule has 21 heavy (non-hydrogen) atoms. The number of carbonyl (C=O) groups is 3. The molecule has 0 saturated carbocycles. The molecule has 0 bridgehead atoms. The van der Waals surface area contributed by atoms with E-state index in [-0.39, 0.29) is 24.6 Å². The summed E-state index contributed by atoms with van der Waals surface area (Å²) in [5, 5.41) is 0. The van der Waals surface area contributed by atoms with Crippen LogP contribution in [0.15, 0.2) is 24.3 Å². The standard InChI is InChI=1S/C17H20O4/c1-3-21-16(20)17(11-12(2)18)10-6-8-13-7-4-5-9-14(13)15(17)19/h4-5,7,9H,3,6,8,10-11H2,1-2H3/t17-/m0/s1. The molecule has 4 heteroatoms. The molecular weight excluding hydrogens is 268 g/mol. The Morgan fingerprint density at radius 2 is 2.00 bits per heavy atom. The first kappa shape index (κ1) is 15.4. The van der Waals surface area contributed by atoms with Crippen LogP contribution in [-0.2, 0) is 20.7 Å². The Morgan fingerprint density at radius 3 is 2.67 bits per heavy atom. The molecule has 0 spiro atoms. The van der Waals surface area contributed by atoms with Crippen molar-refractivity contribution in [2.45, 2.75) is 39.5 Å². The number of Topliss-reactive ketones (excluding diaryl/α,β-unsaturated/α-hetero) is 2. The summed E-state index contributed by atoms with van der Waals surface area (Å²) >= 11 is 0. The third kappa shape index (κ3) is 2.89. The van der Waals surface area contributed by atoms with Crippen LogP contribution in [0.1, 0.15) is 49.0 Å². The first-order valence-corrected chi connectivity index (χ1v) is 7.30. The monoisotopic (exact) mass is 288 g/mol. The minimum atomic E-state index is -1.35. The quantitative estimate of drug-likeness (QED) is 0.485. The maximum absolute atomic E-state index is 13.0. The molecule has 2 rings (SSSR count). The fourth-order valence-corrected chi connectivity index (χ4v) is 3.04. The van der Waals surface area contributed by atoms with E-state index in [2.05, 4.69) is 0 Å². The summed E-state index contributed by atoms with van der Waals surface area (Å²) in [7, 11) is 0. The summed E-state index contributed by atoms with van der Waals surface area (Å²) in [6.07, 6.45) is 1.70. The highest BCUT2D eigenvalue weighted by atomic mass is 16.5. The first-order valence-electron chi connectivity index (χ1n) is 7.30. The third-order valence-electron chi connectivity index (χ3n) is 3.96. The van der Waals surface area contributed by atoms with E-state index in [9.17, 15) is 14.4 Å². The lowest BCUT2D eigenvalue weighted by atomic mass is 9.74. The molecule has 1 atom stereocenters. The summed E-state index contributed by atoms with van der Waals surface area (Å²) in [4.78, 5) is 37.0. The van der Waals surface area contributed by atoms with Gasteiger partial charge in [0.1, 0.15) is 11.2 Å². The summed E-state index contributed by atoms with van der Waals surface area (Å²) in [5.41, 5.74) is 0.135. The van der Waals surface area contributed by atoms with Crippen molar-refractivity contribution < 1.29 is 19.1 Å². The zero-order valence-electron chi connectivity index (χ0n) is 12.5. The highest BCUT2D eigenvalue weighted by Gasteiger charge is 2.49. The predicted molar refractivity (Wildman–Crippen MR) is 78.1 cm³/mol.